The summed E-state index contributed by atoms with van der Waals surface area (Å²) in [5.41, 5.74) is 1.35. The molecule has 29 heavy (non-hydrogen) atoms. The van der Waals surface area contributed by atoms with Crippen molar-refractivity contribution in [1.29, 1.82) is 0 Å². The molecule has 0 unspecified atom stereocenters. The first-order chi connectivity index (χ1) is 14.1. The molecular formula is C22H27ClN2O3S. The molecule has 156 valence electrons. The van der Waals surface area contributed by atoms with Gasteiger partial charge in [0.15, 0.2) is 0 Å². The van der Waals surface area contributed by atoms with Crippen molar-refractivity contribution in [3.05, 3.63) is 70.7 Å². The zero-order chi connectivity index (χ0) is 21.1. The van der Waals surface area contributed by atoms with Crippen LogP contribution in [0, 0.1) is 0 Å². The lowest BCUT2D eigenvalue weighted by Gasteiger charge is -2.22. The van der Waals surface area contributed by atoms with E-state index in [-0.39, 0.29) is 17.9 Å². The van der Waals surface area contributed by atoms with Crippen molar-refractivity contribution in [3.8, 4) is 0 Å². The van der Waals surface area contributed by atoms with Gasteiger partial charge in [-0.2, -0.15) is 11.8 Å². The van der Waals surface area contributed by atoms with E-state index in [9.17, 15) is 9.59 Å². The zero-order valence-electron chi connectivity index (χ0n) is 16.7. The zero-order valence-corrected chi connectivity index (χ0v) is 18.3. The largest absolute Gasteiger partial charge is 0.372 e. The highest BCUT2D eigenvalue weighted by molar-refractivity contribution is 7.98. The molecule has 0 aliphatic rings. The standard InChI is InChI=1S/C22H27ClN2O3S/c1-3-28-20(16-9-5-4-6-10-16)15-24-22(27)19(13-14-29-2)25-21(26)17-11-7-8-12-18(17)23/h4-12,19-20H,3,13-15H2,1-2H3,(H,24,27)(H,25,26)/t19-,20-/m1/s1. The normalized spacial score (nSPS) is 12.8. The van der Waals surface area contributed by atoms with E-state index in [4.69, 9.17) is 16.3 Å². The smallest absolute Gasteiger partial charge is 0.253 e. The maximum Gasteiger partial charge on any atom is 0.253 e. The minimum Gasteiger partial charge on any atom is -0.372 e. The van der Waals surface area contributed by atoms with Crippen LogP contribution in [0.3, 0.4) is 0 Å². The molecule has 0 aromatic heterocycles. The van der Waals surface area contributed by atoms with E-state index in [1.165, 1.54) is 0 Å². The molecule has 2 aromatic carbocycles. The highest BCUT2D eigenvalue weighted by atomic mass is 35.5. The summed E-state index contributed by atoms with van der Waals surface area (Å²) in [5, 5.41) is 6.10. The molecule has 2 aromatic rings. The number of rotatable bonds is 11. The van der Waals surface area contributed by atoms with Gasteiger partial charge in [-0.15, -0.1) is 0 Å². The number of hydrogen-bond acceptors (Lipinski definition) is 4. The molecular weight excluding hydrogens is 408 g/mol. The van der Waals surface area contributed by atoms with Crippen LogP contribution < -0.4 is 10.6 Å². The first kappa shape index (κ1) is 23.3. The molecule has 2 atom stereocenters. The molecule has 0 aliphatic heterocycles. The lowest BCUT2D eigenvalue weighted by Crippen LogP contribution is -2.48. The molecule has 0 aliphatic carbocycles. The lowest BCUT2D eigenvalue weighted by molar-refractivity contribution is -0.123. The Bertz CT molecular complexity index is 789. The van der Waals surface area contributed by atoms with Gasteiger partial charge >= 0.3 is 0 Å². The Morgan fingerprint density at radius 2 is 1.79 bits per heavy atom. The van der Waals surface area contributed by atoms with Crippen LogP contribution in [-0.4, -0.2) is 43.0 Å². The second kappa shape index (κ2) is 12.5. The van der Waals surface area contributed by atoms with Crippen molar-refractivity contribution < 1.29 is 14.3 Å². The van der Waals surface area contributed by atoms with Crippen LogP contribution in [0.15, 0.2) is 54.6 Å². The van der Waals surface area contributed by atoms with E-state index in [0.717, 1.165) is 11.3 Å². The number of halogens is 1. The molecule has 0 bridgehead atoms. The Balaban J connectivity index is 2.03. The molecule has 0 fully saturated rings. The van der Waals surface area contributed by atoms with Gasteiger partial charge in [0, 0.05) is 13.2 Å². The third-order valence-electron chi connectivity index (χ3n) is 4.35. The van der Waals surface area contributed by atoms with Crippen molar-refractivity contribution in [2.45, 2.75) is 25.5 Å². The Labute approximate surface area is 181 Å². The number of nitrogens with one attached hydrogen (secondary N) is 2. The lowest BCUT2D eigenvalue weighted by atomic mass is 10.1. The van der Waals surface area contributed by atoms with Crippen molar-refractivity contribution in [2.24, 2.45) is 0 Å². The number of benzene rings is 2. The quantitative estimate of drug-likeness (QED) is 0.559. The van der Waals surface area contributed by atoms with E-state index < -0.39 is 6.04 Å². The molecule has 0 saturated heterocycles. The highest BCUT2D eigenvalue weighted by Gasteiger charge is 2.23. The van der Waals surface area contributed by atoms with Crippen molar-refractivity contribution in [3.63, 3.8) is 0 Å². The summed E-state index contributed by atoms with van der Waals surface area (Å²) in [6.45, 7) is 2.78. The number of amides is 2. The van der Waals surface area contributed by atoms with Gasteiger partial charge in [-0.25, -0.2) is 0 Å². The van der Waals surface area contributed by atoms with Crippen molar-refractivity contribution in [1.82, 2.24) is 10.6 Å². The maximum atomic E-state index is 12.8. The fourth-order valence-electron chi connectivity index (χ4n) is 2.84. The Hall–Kier alpha value is -2.02. The average molecular weight is 435 g/mol. The summed E-state index contributed by atoms with van der Waals surface area (Å²) in [6, 6.07) is 15.9. The molecule has 0 radical (unpaired) electrons. The number of carbonyl (C=O) groups excluding carboxylic acids is 2. The number of ether oxygens (including phenoxy) is 1. The highest BCUT2D eigenvalue weighted by Crippen LogP contribution is 2.17. The van der Waals surface area contributed by atoms with Gasteiger partial charge in [-0.05, 0) is 43.0 Å². The maximum absolute atomic E-state index is 12.8. The Morgan fingerprint density at radius 3 is 2.45 bits per heavy atom. The van der Waals surface area contributed by atoms with Crippen molar-refractivity contribution >= 4 is 35.2 Å². The second-order valence-electron chi connectivity index (χ2n) is 6.39. The van der Waals surface area contributed by atoms with Crippen LogP contribution in [-0.2, 0) is 9.53 Å². The van der Waals surface area contributed by atoms with E-state index >= 15 is 0 Å². The second-order valence-corrected chi connectivity index (χ2v) is 7.78. The summed E-state index contributed by atoms with van der Waals surface area (Å²) in [5.74, 6) is 0.149. The van der Waals surface area contributed by atoms with Crippen LogP contribution in [0.2, 0.25) is 5.02 Å². The van der Waals surface area contributed by atoms with Gasteiger partial charge in [-0.3, -0.25) is 9.59 Å². The Morgan fingerprint density at radius 1 is 1.10 bits per heavy atom. The first-order valence-electron chi connectivity index (χ1n) is 9.55. The third kappa shape index (κ3) is 7.38. The van der Waals surface area contributed by atoms with Crippen LogP contribution in [0.4, 0.5) is 0 Å². The van der Waals surface area contributed by atoms with Gasteiger partial charge in [-0.1, -0.05) is 54.1 Å². The number of hydrogen-bond donors (Lipinski definition) is 2. The fourth-order valence-corrected chi connectivity index (χ4v) is 3.54. The van der Waals surface area contributed by atoms with Gasteiger partial charge in [0.1, 0.15) is 6.04 Å². The number of thioether (sulfide) groups is 1. The number of carbonyl (C=O) groups is 2. The van der Waals surface area contributed by atoms with E-state index in [1.807, 2.05) is 43.5 Å². The van der Waals surface area contributed by atoms with E-state index in [0.29, 0.717) is 30.2 Å². The van der Waals surface area contributed by atoms with Crippen LogP contribution in [0.1, 0.15) is 35.4 Å². The third-order valence-corrected chi connectivity index (χ3v) is 5.33. The molecule has 0 saturated carbocycles. The molecule has 2 N–H and O–H groups in total. The van der Waals surface area contributed by atoms with Crippen molar-refractivity contribution in [2.75, 3.05) is 25.2 Å². The SMILES string of the molecule is CCO[C@H](CNC(=O)[C@@H](CCSC)NC(=O)c1ccccc1Cl)c1ccccc1. The Kier molecular flexibility index (Phi) is 10.0. The molecule has 2 amide bonds. The van der Waals surface area contributed by atoms with Crippen LogP contribution in [0.5, 0.6) is 0 Å². The first-order valence-corrected chi connectivity index (χ1v) is 11.3. The van der Waals surface area contributed by atoms with Crippen LogP contribution >= 0.6 is 23.4 Å². The average Bonchev–Trinajstić information content (AvgIpc) is 2.74. The van der Waals surface area contributed by atoms with E-state index in [1.54, 1.807) is 36.0 Å². The molecule has 0 spiro atoms. The summed E-state index contributed by atoms with van der Waals surface area (Å²) >= 11 is 7.73. The molecule has 7 heteroatoms. The summed E-state index contributed by atoms with van der Waals surface area (Å²) in [7, 11) is 0. The van der Waals surface area contributed by atoms with Gasteiger partial charge in [0.05, 0.1) is 16.7 Å². The monoisotopic (exact) mass is 434 g/mol. The molecule has 2 rings (SSSR count). The predicted molar refractivity (Wildman–Crippen MR) is 120 cm³/mol. The minimum absolute atomic E-state index is 0.236. The van der Waals surface area contributed by atoms with Gasteiger partial charge in [0.25, 0.3) is 5.91 Å². The topological polar surface area (TPSA) is 67.4 Å². The summed E-state index contributed by atoms with van der Waals surface area (Å²) in [4.78, 5) is 25.4. The summed E-state index contributed by atoms with van der Waals surface area (Å²) < 4.78 is 5.78. The van der Waals surface area contributed by atoms with Crippen LogP contribution in [0.25, 0.3) is 0 Å². The minimum atomic E-state index is -0.649. The van der Waals surface area contributed by atoms with Gasteiger partial charge < -0.3 is 15.4 Å². The van der Waals surface area contributed by atoms with Gasteiger partial charge in [0.2, 0.25) is 5.91 Å². The molecule has 0 heterocycles. The fraction of sp³-hybridized carbons (Fsp3) is 0.364. The summed E-state index contributed by atoms with van der Waals surface area (Å²) in [6.07, 6.45) is 2.24. The predicted octanol–water partition coefficient (Wildman–Crippen LogP) is 4.09. The van der Waals surface area contributed by atoms with E-state index in [2.05, 4.69) is 10.6 Å². The molecule has 5 nitrogen and oxygen atoms in total.